The van der Waals surface area contributed by atoms with E-state index in [9.17, 15) is 4.79 Å². The summed E-state index contributed by atoms with van der Waals surface area (Å²) in [7, 11) is 1.76. The van der Waals surface area contributed by atoms with Gasteiger partial charge in [-0.25, -0.2) is 0 Å². The molecule has 0 radical (unpaired) electrons. The number of carbonyl (C=O) groups excluding carboxylic acids is 1. The molecule has 4 N–H and O–H groups in total. The molecule has 1 aliphatic rings. The number of ether oxygens (including phenoxy) is 2. The number of nitrogens with one attached hydrogen (secondary N) is 2. The van der Waals surface area contributed by atoms with Crippen molar-refractivity contribution in [2.24, 2.45) is 16.6 Å². The molecule has 1 saturated heterocycles. The summed E-state index contributed by atoms with van der Waals surface area (Å²) >= 11 is 0. The Hall–Kier alpha value is -2.32. The molecule has 1 unspecified atom stereocenters. The van der Waals surface area contributed by atoms with E-state index in [-0.39, 0.29) is 6.61 Å². The summed E-state index contributed by atoms with van der Waals surface area (Å²) in [4.78, 5) is 17.7. The van der Waals surface area contributed by atoms with Crippen LogP contribution in [0.1, 0.15) is 19.4 Å². The molecule has 1 fully saturated rings. The zero-order valence-electron chi connectivity index (χ0n) is 17.1. The first-order valence-electron chi connectivity index (χ1n) is 9.76. The summed E-state index contributed by atoms with van der Waals surface area (Å²) in [6.07, 6.45) is 0. The van der Waals surface area contributed by atoms with Crippen molar-refractivity contribution in [2.75, 3.05) is 46.5 Å². The molecule has 1 heterocycles. The maximum atomic E-state index is 10.9. The molecule has 8 nitrogen and oxygen atoms in total. The Morgan fingerprint density at radius 1 is 1.32 bits per heavy atom. The minimum absolute atomic E-state index is 0.127. The molecule has 156 valence electrons. The van der Waals surface area contributed by atoms with E-state index in [0.29, 0.717) is 24.3 Å². The van der Waals surface area contributed by atoms with Crippen molar-refractivity contribution in [1.29, 1.82) is 0 Å². The lowest BCUT2D eigenvalue weighted by molar-refractivity contribution is -0.119. The largest absolute Gasteiger partial charge is 0.484 e. The summed E-state index contributed by atoms with van der Waals surface area (Å²) in [6, 6.07) is 7.98. The third-order valence-electron chi connectivity index (χ3n) is 4.73. The van der Waals surface area contributed by atoms with Crippen molar-refractivity contribution >= 4 is 11.9 Å². The highest BCUT2D eigenvalue weighted by Gasteiger charge is 2.23. The van der Waals surface area contributed by atoms with Crippen LogP contribution in [-0.2, 0) is 16.1 Å². The lowest BCUT2D eigenvalue weighted by Gasteiger charge is -2.37. The molecule has 1 amide bonds. The van der Waals surface area contributed by atoms with E-state index >= 15 is 0 Å². The summed E-state index contributed by atoms with van der Waals surface area (Å²) in [5.74, 6) is 1.41. The zero-order chi connectivity index (χ0) is 20.4. The molecule has 8 heteroatoms. The number of amides is 1. The van der Waals surface area contributed by atoms with Crippen molar-refractivity contribution in [3.05, 3.63) is 29.8 Å². The summed E-state index contributed by atoms with van der Waals surface area (Å²) < 4.78 is 10.8. The second-order valence-electron chi connectivity index (χ2n) is 7.17. The Balaban J connectivity index is 1.85. The summed E-state index contributed by atoms with van der Waals surface area (Å²) in [5.41, 5.74) is 6.14. The predicted octanol–water partition coefficient (Wildman–Crippen LogP) is 0.573. The van der Waals surface area contributed by atoms with Gasteiger partial charge in [0, 0.05) is 39.3 Å². The molecule has 28 heavy (non-hydrogen) atoms. The van der Waals surface area contributed by atoms with Crippen LogP contribution in [0, 0.1) is 5.92 Å². The fourth-order valence-electron chi connectivity index (χ4n) is 3.20. The smallest absolute Gasteiger partial charge is 0.255 e. The maximum Gasteiger partial charge on any atom is 0.255 e. The van der Waals surface area contributed by atoms with Crippen LogP contribution in [0.3, 0.4) is 0 Å². The van der Waals surface area contributed by atoms with E-state index in [1.54, 1.807) is 13.1 Å². The van der Waals surface area contributed by atoms with Gasteiger partial charge in [0.2, 0.25) is 0 Å². The monoisotopic (exact) mass is 391 g/mol. The van der Waals surface area contributed by atoms with Crippen molar-refractivity contribution in [1.82, 2.24) is 15.5 Å². The van der Waals surface area contributed by atoms with E-state index in [1.165, 1.54) is 0 Å². The van der Waals surface area contributed by atoms with Gasteiger partial charge < -0.3 is 25.8 Å². The van der Waals surface area contributed by atoms with Gasteiger partial charge in [0.05, 0.1) is 13.2 Å². The summed E-state index contributed by atoms with van der Waals surface area (Å²) in [5, 5.41) is 6.76. The van der Waals surface area contributed by atoms with Crippen LogP contribution in [0.5, 0.6) is 5.75 Å². The number of hydrogen-bond acceptors (Lipinski definition) is 5. The van der Waals surface area contributed by atoms with Crippen LogP contribution < -0.4 is 21.1 Å². The van der Waals surface area contributed by atoms with Gasteiger partial charge >= 0.3 is 0 Å². The van der Waals surface area contributed by atoms with Gasteiger partial charge in [-0.2, -0.15) is 0 Å². The van der Waals surface area contributed by atoms with Crippen LogP contribution in [0.4, 0.5) is 0 Å². The highest BCUT2D eigenvalue weighted by molar-refractivity contribution is 5.79. The minimum Gasteiger partial charge on any atom is -0.484 e. The van der Waals surface area contributed by atoms with Crippen LogP contribution in [0.15, 0.2) is 29.3 Å². The van der Waals surface area contributed by atoms with Crippen molar-refractivity contribution in [3.8, 4) is 5.75 Å². The van der Waals surface area contributed by atoms with Crippen LogP contribution in [0.25, 0.3) is 0 Å². The molecule has 0 bridgehead atoms. The fraction of sp³-hybridized carbons (Fsp3) is 0.600. The molecule has 1 aromatic carbocycles. The molecule has 1 aliphatic heterocycles. The number of guanidine groups is 1. The van der Waals surface area contributed by atoms with Crippen LogP contribution in [0.2, 0.25) is 0 Å². The van der Waals surface area contributed by atoms with E-state index in [4.69, 9.17) is 15.2 Å². The highest BCUT2D eigenvalue weighted by atomic mass is 16.5. The number of nitrogens with zero attached hydrogens (tertiary/aromatic N) is 2. The second-order valence-corrected chi connectivity index (χ2v) is 7.17. The number of carbonyl (C=O) groups is 1. The molecular formula is C20H33N5O3. The third-order valence-corrected chi connectivity index (χ3v) is 4.73. The molecule has 0 aliphatic carbocycles. The second kappa shape index (κ2) is 11.5. The highest BCUT2D eigenvalue weighted by Crippen LogP contribution is 2.14. The average molecular weight is 392 g/mol. The number of aliphatic imine (C=N–C) groups is 1. The SMILES string of the molecule is CN=C(NCc1cccc(OCC(N)=O)c1)NCC(C(C)C)N1CCOCC1. The molecule has 0 spiro atoms. The number of morpholine rings is 1. The third kappa shape index (κ3) is 7.36. The number of hydrogen-bond donors (Lipinski definition) is 3. The normalized spacial score (nSPS) is 16.6. The fourth-order valence-corrected chi connectivity index (χ4v) is 3.20. The van der Waals surface area contributed by atoms with Crippen LogP contribution >= 0.6 is 0 Å². The van der Waals surface area contributed by atoms with E-state index in [0.717, 1.165) is 44.4 Å². The number of rotatable bonds is 9. The topological polar surface area (TPSA) is 101 Å². The Morgan fingerprint density at radius 2 is 2.07 bits per heavy atom. The lowest BCUT2D eigenvalue weighted by atomic mass is 10.0. The van der Waals surface area contributed by atoms with E-state index < -0.39 is 5.91 Å². The van der Waals surface area contributed by atoms with Gasteiger partial charge in [0.1, 0.15) is 5.75 Å². The summed E-state index contributed by atoms with van der Waals surface area (Å²) in [6.45, 7) is 9.30. The number of nitrogens with two attached hydrogens (primary N) is 1. The molecule has 0 saturated carbocycles. The van der Waals surface area contributed by atoms with Gasteiger partial charge in [-0.05, 0) is 23.6 Å². The van der Waals surface area contributed by atoms with E-state index in [1.807, 2.05) is 18.2 Å². The number of benzene rings is 1. The number of primary amides is 1. The Bertz CT molecular complexity index is 644. The molecule has 1 aromatic rings. The molecule has 2 rings (SSSR count). The molecule has 1 atom stereocenters. The average Bonchev–Trinajstić information content (AvgIpc) is 2.69. The van der Waals surface area contributed by atoms with Gasteiger partial charge in [-0.1, -0.05) is 26.0 Å². The molecule has 0 aromatic heterocycles. The lowest BCUT2D eigenvalue weighted by Crippen LogP contribution is -2.52. The zero-order valence-corrected chi connectivity index (χ0v) is 17.1. The van der Waals surface area contributed by atoms with Gasteiger partial charge in [0.25, 0.3) is 5.91 Å². The van der Waals surface area contributed by atoms with Crippen molar-refractivity contribution < 1.29 is 14.3 Å². The first-order valence-corrected chi connectivity index (χ1v) is 9.76. The van der Waals surface area contributed by atoms with Gasteiger partial charge in [-0.3, -0.25) is 14.7 Å². The van der Waals surface area contributed by atoms with Crippen LogP contribution in [-0.4, -0.2) is 69.3 Å². The van der Waals surface area contributed by atoms with Crippen molar-refractivity contribution in [3.63, 3.8) is 0 Å². The van der Waals surface area contributed by atoms with Gasteiger partial charge in [0.15, 0.2) is 12.6 Å². The minimum atomic E-state index is -0.492. The standard InChI is InChI=1S/C20H33N5O3/c1-15(2)18(25-7-9-27-10-8-25)13-24-20(22-3)23-12-16-5-4-6-17(11-16)28-14-19(21)26/h4-6,11,15,18H,7-10,12-14H2,1-3H3,(H2,21,26)(H2,22,23,24). The molecular weight excluding hydrogens is 358 g/mol. The van der Waals surface area contributed by atoms with E-state index in [2.05, 4.69) is 34.4 Å². The maximum absolute atomic E-state index is 10.9. The Labute approximate surface area is 167 Å². The predicted molar refractivity (Wildman–Crippen MR) is 110 cm³/mol. The first-order chi connectivity index (χ1) is 13.5. The quantitative estimate of drug-likeness (QED) is 0.420. The van der Waals surface area contributed by atoms with Gasteiger partial charge in [-0.15, -0.1) is 0 Å². The first kappa shape index (κ1) is 22.0. The van der Waals surface area contributed by atoms with Crippen molar-refractivity contribution in [2.45, 2.75) is 26.4 Å². The Morgan fingerprint density at radius 3 is 2.71 bits per heavy atom. The Kier molecular flexibility index (Phi) is 9.03.